The van der Waals surface area contributed by atoms with Crippen LogP contribution in [0.1, 0.15) is 30.3 Å². The average Bonchev–Trinajstić information content (AvgIpc) is 2.98. The summed E-state index contributed by atoms with van der Waals surface area (Å²) < 4.78 is 5.69. The maximum atomic E-state index is 12.5. The third-order valence-corrected chi connectivity index (χ3v) is 5.75. The average molecular weight is 385 g/mol. The molecule has 1 saturated heterocycles. The number of likely N-dealkylation sites (tertiary alicyclic amines) is 1. The fourth-order valence-corrected chi connectivity index (χ4v) is 3.83. The summed E-state index contributed by atoms with van der Waals surface area (Å²) in [5, 5.41) is 1.75. The van der Waals surface area contributed by atoms with Crippen LogP contribution in [0.5, 0.6) is 0 Å². The van der Waals surface area contributed by atoms with Crippen molar-refractivity contribution in [2.45, 2.75) is 35.3 Å². The molecule has 0 aliphatic carbocycles. The number of nitrogens with two attached hydrogens (primary N) is 1. The molecule has 0 spiro atoms. The SMILES string of the molecule is CC1(N)CCN(C(=O)c2ccc(Sc3ccc(Cl)cc3Cl)o2)CC1. The van der Waals surface area contributed by atoms with Crippen molar-refractivity contribution in [3.8, 4) is 0 Å². The van der Waals surface area contributed by atoms with Crippen molar-refractivity contribution in [1.29, 1.82) is 0 Å². The van der Waals surface area contributed by atoms with Crippen molar-refractivity contribution in [2.75, 3.05) is 13.1 Å². The molecule has 1 aliphatic heterocycles. The number of benzene rings is 1. The van der Waals surface area contributed by atoms with Gasteiger partial charge < -0.3 is 15.1 Å². The van der Waals surface area contributed by atoms with Crippen LogP contribution in [0.3, 0.4) is 0 Å². The largest absolute Gasteiger partial charge is 0.444 e. The number of hydrogen-bond donors (Lipinski definition) is 1. The molecule has 4 nitrogen and oxygen atoms in total. The first-order valence-corrected chi connectivity index (χ1v) is 9.22. The molecule has 2 heterocycles. The second-order valence-electron chi connectivity index (χ2n) is 6.24. The number of nitrogens with zero attached hydrogens (tertiary/aromatic N) is 1. The Balaban J connectivity index is 1.68. The van der Waals surface area contributed by atoms with Gasteiger partial charge in [0.1, 0.15) is 0 Å². The molecular weight excluding hydrogens is 367 g/mol. The molecule has 1 amide bonds. The number of carbonyl (C=O) groups excluding carboxylic acids is 1. The monoisotopic (exact) mass is 384 g/mol. The van der Waals surface area contributed by atoms with Crippen LogP contribution in [0.4, 0.5) is 0 Å². The molecule has 128 valence electrons. The van der Waals surface area contributed by atoms with Crippen LogP contribution in [0.25, 0.3) is 0 Å². The number of rotatable bonds is 3. The van der Waals surface area contributed by atoms with Crippen LogP contribution in [0.15, 0.2) is 44.7 Å². The Morgan fingerprint density at radius 3 is 2.62 bits per heavy atom. The zero-order valence-corrected chi connectivity index (χ0v) is 15.5. The first-order valence-electron chi connectivity index (χ1n) is 7.65. The lowest BCUT2D eigenvalue weighted by Gasteiger charge is -2.36. The second kappa shape index (κ2) is 7.00. The van der Waals surface area contributed by atoms with Crippen molar-refractivity contribution in [3.05, 3.63) is 46.1 Å². The molecule has 2 aromatic rings. The van der Waals surface area contributed by atoms with E-state index in [0.29, 0.717) is 34.0 Å². The van der Waals surface area contributed by atoms with Gasteiger partial charge in [-0.3, -0.25) is 4.79 Å². The molecule has 0 radical (unpaired) electrons. The van der Waals surface area contributed by atoms with E-state index in [2.05, 4.69) is 0 Å². The molecule has 1 aromatic heterocycles. The lowest BCUT2D eigenvalue weighted by atomic mass is 9.91. The number of hydrogen-bond acceptors (Lipinski definition) is 4. The molecule has 24 heavy (non-hydrogen) atoms. The summed E-state index contributed by atoms with van der Waals surface area (Å²) in [5.74, 6) is 0.239. The fourth-order valence-electron chi connectivity index (χ4n) is 2.53. The van der Waals surface area contributed by atoms with Crippen molar-refractivity contribution in [1.82, 2.24) is 4.90 Å². The summed E-state index contributed by atoms with van der Waals surface area (Å²) in [6, 6.07) is 8.75. The highest BCUT2D eigenvalue weighted by Crippen LogP contribution is 2.35. The quantitative estimate of drug-likeness (QED) is 0.833. The topological polar surface area (TPSA) is 59.5 Å². The summed E-state index contributed by atoms with van der Waals surface area (Å²) in [6.45, 7) is 3.32. The van der Waals surface area contributed by atoms with E-state index in [9.17, 15) is 4.79 Å². The van der Waals surface area contributed by atoms with Gasteiger partial charge in [-0.15, -0.1) is 0 Å². The van der Waals surface area contributed by atoms with E-state index in [1.54, 1.807) is 29.2 Å². The van der Waals surface area contributed by atoms with E-state index >= 15 is 0 Å². The highest BCUT2D eigenvalue weighted by Gasteiger charge is 2.29. The van der Waals surface area contributed by atoms with Crippen LogP contribution in [-0.2, 0) is 0 Å². The number of halogens is 2. The fraction of sp³-hybridized carbons (Fsp3) is 0.353. The van der Waals surface area contributed by atoms with Crippen molar-refractivity contribution < 1.29 is 9.21 Å². The Morgan fingerprint density at radius 2 is 1.96 bits per heavy atom. The molecule has 0 saturated carbocycles. The van der Waals surface area contributed by atoms with Gasteiger partial charge in [0.05, 0.1) is 5.02 Å². The van der Waals surface area contributed by atoms with E-state index in [0.717, 1.165) is 17.7 Å². The molecule has 2 N–H and O–H groups in total. The minimum Gasteiger partial charge on any atom is -0.444 e. The van der Waals surface area contributed by atoms with Crippen LogP contribution in [-0.4, -0.2) is 29.4 Å². The predicted molar refractivity (Wildman–Crippen MR) is 97.0 cm³/mol. The van der Waals surface area contributed by atoms with E-state index in [1.165, 1.54) is 11.8 Å². The van der Waals surface area contributed by atoms with Gasteiger partial charge in [0, 0.05) is 28.5 Å². The molecule has 0 unspecified atom stereocenters. The molecule has 0 bridgehead atoms. The Bertz CT molecular complexity index is 751. The Kier molecular flexibility index (Phi) is 5.16. The van der Waals surface area contributed by atoms with Crippen LogP contribution in [0, 0.1) is 0 Å². The van der Waals surface area contributed by atoms with E-state index in [-0.39, 0.29) is 11.4 Å². The highest BCUT2D eigenvalue weighted by atomic mass is 35.5. The second-order valence-corrected chi connectivity index (χ2v) is 8.13. The summed E-state index contributed by atoms with van der Waals surface area (Å²) in [7, 11) is 0. The van der Waals surface area contributed by atoms with Crippen LogP contribution < -0.4 is 5.73 Å². The molecular formula is C17H18Cl2N2O2S. The van der Waals surface area contributed by atoms with Crippen LogP contribution in [0.2, 0.25) is 10.0 Å². The maximum Gasteiger partial charge on any atom is 0.289 e. The third-order valence-electron chi connectivity index (χ3n) is 4.09. The molecule has 1 fully saturated rings. The number of piperidine rings is 1. The van der Waals surface area contributed by atoms with Crippen molar-refractivity contribution in [3.63, 3.8) is 0 Å². The maximum absolute atomic E-state index is 12.5. The lowest BCUT2D eigenvalue weighted by Crippen LogP contribution is -2.49. The Hall–Kier alpha value is -1.14. The Labute approximate surface area is 155 Å². The van der Waals surface area contributed by atoms with Gasteiger partial charge in [-0.25, -0.2) is 0 Å². The molecule has 7 heteroatoms. The summed E-state index contributed by atoms with van der Waals surface area (Å²) in [4.78, 5) is 15.1. The summed E-state index contributed by atoms with van der Waals surface area (Å²) >= 11 is 13.4. The van der Waals surface area contributed by atoms with Gasteiger partial charge in [0.2, 0.25) is 0 Å². The first-order chi connectivity index (χ1) is 11.3. The first kappa shape index (κ1) is 17.7. The van der Waals surface area contributed by atoms with Gasteiger partial charge >= 0.3 is 0 Å². The van der Waals surface area contributed by atoms with E-state index < -0.39 is 0 Å². The normalized spacial score (nSPS) is 17.1. The van der Waals surface area contributed by atoms with Crippen molar-refractivity contribution in [2.24, 2.45) is 5.73 Å². The van der Waals surface area contributed by atoms with Crippen LogP contribution >= 0.6 is 35.0 Å². The summed E-state index contributed by atoms with van der Waals surface area (Å²) in [5.41, 5.74) is 5.92. The molecule has 1 aliphatic rings. The predicted octanol–water partition coefficient (Wildman–Crippen LogP) is 4.69. The minimum atomic E-state index is -0.188. The van der Waals surface area contributed by atoms with Gasteiger partial charge in [-0.2, -0.15) is 0 Å². The van der Waals surface area contributed by atoms with Gasteiger partial charge in [-0.05, 0) is 50.1 Å². The molecule has 1 aromatic carbocycles. The Morgan fingerprint density at radius 1 is 1.25 bits per heavy atom. The highest BCUT2D eigenvalue weighted by molar-refractivity contribution is 7.99. The summed E-state index contributed by atoms with van der Waals surface area (Å²) in [6.07, 6.45) is 1.59. The smallest absolute Gasteiger partial charge is 0.289 e. The lowest BCUT2D eigenvalue weighted by molar-refractivity contribution is 0.0643. The van der Waals surface area contributed by atoms with Gasteiger partial charge in [-0.1, -0.05) is 35.0 Å². The third kappa shape index (κ3) is 4.09. The molecule has 0 atom stereocenters. The van der Waals surface area contributed by atoms with Gasteiger partial charge in [0.15, 0.2) is 10.9 Å². The van der Waals surface area contributed by atoms with Gasteiger partial charge in [0.25, 0.3) is 5.91 Å². The van der Waals surface area contributed by atoms with E-state index in [1.807, 2.05) is 13.0 Å². The van der Waals surface area contributed by atoms with Crippen molar-refractivity contribution >= 4 is 40.9 Å². The standard InChI is InChI=1S/C17H18Cl2N2O2S/c1-17(20)6-8-21(9-7-17)16(22)13-3-5-15(23-13)24-14-4-2-11(18)10-12(14)19/h2-5,10H,6-9,20H2,1H3. The zero-order chi connectivity index (χ0) is 17.3. The number of amides is 1. The number of furan rings is 1. The zero-order valence-electron chi connectivity index (χ0n) is 13.2. The minimum absolute atomic E-state index is 0.0976. The number of carbonyl (C=O) groups is 1. The molecule has 3 rings (SSSR count). The van der Waals surface area contributed by atoms with E-state index in [4.69, 9.17) is 33.4 Å².